The van der Waals surface area contributed by atoms with Crippen molar-refractivity contribution in [2.45, 2.75) is 51.9 Å². The molecule has 1 aliphatic rings. The number of hydrogen-bond acceptors (Lipinski definition) is 6. The highest BCUT2D eigenvalue weighted by Gasteiger charge is 2.34. The van der Waals surface area contributed by atoms with Gasteiger partial charge >= 0.3 is 0 Å². The molecule has 3 atom stereocenters. The highest BCUT2D eigenvalue weighted by Crippen LogP contribution is 2.33. The molecule has 2 N–H and O–H groups in total. The normalized spacial score (nSPS) is 26.8. The number of nitrogens with two attached hydrogens (primary N) is 1. The number of rotatable bonds is 5. The Morgan fingerprint density at radius 1 is 1.53 bits per heavy atom. The van der Waals surface area contributed by atoms with Crippen molar-refractivity contribution in [1.29, 1.82) is 0 Å². The van der Waals surface area contributed by atoms with Crippen LogP contribution < -0.4 is 5.73 Å². The van der Waals surface area contributed by atoms with E-state index in [-0.39, 0.29) is 12.2 Å². The van der Waals surface area contributed by atoms with E-state index in [1.807, 2.05) is 20.8 Å². The van der Waals surface area contributed by atoms with Crippen LogP contribution in [0.15, 0.2) is 4.52 Å². The summed E-state index contributed by atoms with van der Waals surface area (Å²) in [6.45, 7) is 8.97. The van der Waals surface area contributed by atoms with Gasteiger partial charge in [-0.15, -0.1) is 0 Å². The van der Waals surface area contributed by atoms with Gasteiger partial charge in [-0.3, -0.25) is 0 Å². The summed E-state index contributed by atoms with van der Waals surface area (Å²) in [5.74, 6) is 1.37. The Bertz CT molecular complexity index is 417. The Balaban J connectivity index is 2.07. The van der Waals surface area contributed by atoms with Gasteiger partial charge in [0.25, 0.3) is 5.89 Å². The lowest BCUT2D eigenvalue weighted by molar-refractivity contribution is 0.0410. The van der Waals surface area contributed by atoms with E-state index in [1.165, 1.54) is 0 Å². The van der Waals surface area contributed by atoms with Gasteiger partial charge in [0.2, 0.25) is 0 Å². The van der Waals surface area contributed by atoms with Crippen LogP contribution >= 0.6 is 0 Å². The molecule has 1 fully saturated rings. The molecule has 6 nitrogen and oxygen atoms in total. The molecule has 0 spiro atoms. The molecule has 2 rings (SSSR count). The van der Waals surface area contributed by atoms with Crippen molar-refractivity contribution in [3.63, 3.8) is 0 Å². The predicted molar refractivity (Wildman–Crippen MR) is 69.4 cm³/mol. The quantitative estimate of drug-likeness (QED) is 0.877. The second-order valence-electron chi connectivity index (χ2n) is 5.79. The smallest absolute Gasteiger partial charge is 0.256 e. The van der Waals surface area contributed by atoms with E-state index in [0.717, 1.165) is 13.0 Å². The molecule has 1 aromatic heterocycles. The third-order valence-electron chi connectivity index (χ3n) is 3.30. The largest absolute Gasteiger partial charge is 0.376 e. The van der Waals surface area contributed by atoms with Crippen LogP contribution in [-0.2, 0) is 15.0 Å². The molecule has 1 aromatic rings. The van der Waals surface area contributed by atoms with Gasteiger partial charge < -0.3 is 19.7 Å². The standard InChI is InChI=1S/C13H23N3O3/c1-8(2)18-7-13(4,14)12-15-11(19-16-12)10-9(3)5-6-17-10/h8-10H,5-7,14H2,1-4H3. The number of aromatic nitrogens is 2. The van der Waals surface area contributed by atoms with E-state index >= 15 is 0 Å². The molecule has 0 amide bonds. The average molecular weight is 269 g/mol. The van der Waals surface area contributed by atoms with Gasteiger partial charge in [0.1, 0.15) is 11.6 Å². The summed E-state index contributed by atoms with van der Waals surface area (Å²) >= 11 is 0. The molecule has 2 heterocycles. The fraction of sp³-hybridized carbons (Fsp3) is 0.846. The Morgan fingerprint density at radius 3 is 2.84 bits per heavy atom. The highest BCUT2D eigenvalue weighted by atomic mass is 16.5. The zero-order chi connectivity index (χ0) is 14.0. The van der Waals surface area contributed by atoms with Crippen molar-refractivity contribution in [2.24, 2.45) is 11.7 Å². The van der Waals surface area contributed by atoms with E-state index in [4.69, 9.17) is 19.7 Å². The molecule has 0 aliphatic carbocycles. The third kappa shape index (κ3) is 3.32. The average Bonchev–Trinajstić information content (AvgIpc) is 2.94. The summed E-state index contributed by atoms with van der Waals surface area (Å²) in [6.07, 6.45) is 1.02. The zero-order valence-corrected chi connectivity index (χ0v) is 12.0. The maximum atomic E-state index is 6.18. The molecule has 0 saturated carbocycles. The van der Waals surface area contributed by atoms with Crippen LogP contribution in [-0.4, -0.2) is 29.5 Å². The Labute approximate surface area is 113 Å². The second kappa shape index (κ2) is 5.56. The third-order valence-corrected chi connectivity index (χ3v) is 3.30. The number of nitrogens with zero attached hydrogens (tertiary/aromatic N) is 2. The zero-order valence-electron chi connectivity index (χ0n) is 12.0. The highest BCUT2D eigenvalue weighted by molar-refractivity contribution is 5.04. The van der Waals surface area contributed by atoms with Crippen molar-refractivity contribution < 1.29 is 14.0 Å². The van der Waals surface area contributed by atoms with Gasteiger partial charge in [0, 0.05) is 6.61 Å². The lowest BCUT2D eigenvalue weighted by Gasteiger charge is -2.21. The first-order valence-corrected chi connectivity index (χ1v) is 6.76. The summed E-state index contributed by atoms with van der Waals surface area (Å²) in [5.41, 5.74) is 5.43. The maximum absolute atomic E-state index is 6.18. The SMILES string of the molecule is CC(C)OCC(C)(N)c1noc(C2OCCC2C)n1. The topological polar surface area (TPSA) is 83.4 Å². The Morgan fingerprint density at radius 2 is 2.26 bits per heavy atom. The Hall–Kier alpha value is -0.980. The van der Waals surface area contributed by atoms with Crippen LogP contribution in [0.3, 0.4) is 0 Å². The molecular formula is C13H23N3O3. The summed E-state index contributed by atoms with van der Waals surface area (Å²) in [6, 6.07) is 0. The Kier molecular flexibility index (Phi) is 4.23. The van der Waals surface area contributed by atoms with E-state index in [0.29, 0.717) is 24.2 Å². The van der Waals surface area contributed by atoms with Gasteiger partial charge in [-0.1, -0.05) is 12.1 Å². The molecule has 1 aliphatic heterocycles. The van der Waals surface area contributed by atoms with Crippen molar-refractivity contribution in [2.75, 3.05) is 13.2 Å². The van der Waals surface area contributed by atoms with Gasteiger partial charge in [0.15, 0.2) is 5.82 Å². The fourth-order valence-electron chi connectivity index (χ4n) is 2.00. The van der Waals surface area contributed by atoms with Crippen LogP contribution in [0.25, 0.3) is 0 Å². The number of ether oxygens (including phenoxy) is 2. The van der Waals surface area contributed by atoms with E-state index in [2.05, 4.69) is 17.1 Å². The van der Waals surface area contributed by atoms with Crippen molar-refractivity contribution in [1.82, 2.24) is 10.1 Å². The summed E-state index contributed by atoms with van der Waals surface area (Å²) < 4.78 is 16.4. The van der Waals surface area contributed by atoms with Crippen LogP contribution in [0.5, 0.6) is 0 Å². The molecule has 3 unspecified atom stereocenters. The van der Waals surface area contributed by atoms with Crippen LogP contribution in [0.1, 0.15) is 51.9 Å². The van der Waals surface area contributed by atoms with E-state index in [9.17, 15) is 0 Å². The van der Waals surface area contributed by atoms with Gasteiger partial charge in [-0.2, -0.15) is 4.98 Å². The second-order valence-corrected chi connectivity index (χ2v) is 5.79. The van der Waals surface area contributed by atoms with Crippen LogP contribution in [0.2, 0.25) is 0 Å². The van der Waals surface area contributed by atoms with E-state index in [1.54, 1.807) is 0 Å². The molecule has 0 bridgehead atoms. The monoisotopic (exact) mass is 269 g/mol. The summed E-state index contributed by atoms with van der Waals surface area (Å²) in [5, 5.41) is 3.97. The maximum Gasteiger partial charge on any atom is 0.256 e. The van der Waals surface area contributed by atoms with Crippen molar-refractivity contribution in [3.8, 4) is 0 Å². The van der Waals surface area contributed by atoms with Gasteiger partial charge in [0.05, 0.1) is 12.7 Å². The minimum atomic E-state index is -0.756. The molecule has 19 heavy (non-hydrogen) atoms. The van der Waals surface area contributed by atoms with E-state index < -0.39 is 5.54 Å². The molecular weight excluding hydrogens is 246 g/mol. The lowest BCUT2D eigenvalue weighted by atomic mass is 10.0. The van der Waals surface area contributed by atoms with Crippen molar-refractivity contribution in [3.05, 3.63) is 11.7 Å². The van der Waals surface area contributed by atoms with Gasteiger partial charge in [-0.05, 0) is 33.1 Å². The van der Waals surface area contributed by atoms with Crippen molar-refractivity contribution >= 4 is 0 Å². The lowest BCUT2D eigenvalue weighted by Crippen LogP contribution is -2.40. The summed E-state index contributed by atoms with van der Waals surface area (Å²) in [4.78, 5) is 4.38. The molecule has 108 valence electrons. The first kappa shape index (κ1) is 14.4. The van der Waals surface area contributed by atoms with Crippen LogP contribution in [0.4, 0.5) is 0 Å². The first-order valence-electron chi connectivity index (χ1n) is 6.76. The fourth-order valence-corrected chi connectivity index (χ4v) is 2.00. The molecule has 0 aromatic carbocycles. The molecule has 0 radical (unpaired) electrons. The molecule has 6 heteroatoms. The minimum absolute atomic E-state index is 0.108. The number of hydrogen-bond donors (Lipinski definition) is 1. The first-order chi connectivity index (χ1) is 8.90. The summed E-state index contributed by atoms with van der Waals surface area (Å²) in [7, 11) is 0. The molecule has 1 saturated heterocycles. The minimum Gasteiger partial charge on any atom is -0.376 e. The van der Waals surface area contributed by atoms with Gasteiger partial charge in [-0.25, -0.2) is 0 Å². The van der Waals surface area contributed by atoms with Crippen LogP contribution in [0, 0.1) is 5.92 Å². The predicted octanol–water partition coefficient (Wildman–Crippen LogP) is 1.77.